The van der Waals surface area contributed by atoms with E-state index < -0.39 is 11.9 Å². The minimum absolute atomic E-state index is 0.133. The van der Waals surface area contributed by atoms with Crippen LogP contribution >= 0.6 is 0 Å². The topological polar surface area (TPSA) is 97.8 Å². The average molecular weight is 310 g/mol. The molecule has 0 bridgehead atoms. The summed E-state index contributed by atoms with van der Waals surface area (Å²) in [5.41, 5.74) is -0.206. The molecule has 22 heavy (non-hydrogen) atoms. The van der Waals surface area contributed by atoms with Gasteiger partial charge in [0.1, 0.15) is 6.54 Å². The molecule has 0 spiro atoms. The van der Waals surface area contributed by atoms with Crippen molar-refractivity contribution < 1.29 is 24.2 Å². The first-order valence-corrected chi connectivity index (χ1v) is 7.04. The first-order valence-electron chi connectivity index (χ1n) is 7.04. The van der Waals surface area contributed by atoms with Crippen LogP contribution in [0.1, 0.15) is 37.7 Å². The van der Waals surface area contributed by atoms with E-state index in [-0.39, 0.29) is 29.8 Å². The summed E-state index contributed by atoms with van der Waals surface area (Å²) in [6.07, 6.45) is 1.86. The molecule has 0 aliphatic carbocycles. The second kappa shape index (κ2) is 8.21. The van der Waals surface area contributed by atoms with Gasteiger partial charge in [-0.15, -0.1) is 0 Å². The molecule has 1 unspecified atom stereocenters. The average Bonchev–Trinajstić information content (AvgIpc) is 2.44. The van der Waals surface area contributed by atoms with Gasteiger partial charge in [0, 0.05) is 12.3 Å². The Kier molecular flexibility index (Phi) is 6.62. The van der Waals surface area contributed by atoms with Gasteiger partial charge in [0.15, 0.2) is 17.2 Å². The summed E-state index contributed by atoms with van der Waals surface area (Å²) in [5, 5.41) is 12.2. The Balaban J connectivity index is 2.54. The Labute approximate surface area is 129 Å². The Morgan fingerprint density at radius 3 is 2.64 bits per heavy atom. The second-order valence-corrected chi connectivity index (χ2v) is 5.32. The maximum Gasteiger partial charge on any atom is 0.325 e. The highest BCUT2D eigenvalue weighted by Crippen LogP contribution is 2.27. The molecule has 1 rings (SSSR count). The van der Waals surface area contributed by atoms with Crippen LogP contribution in [0.4, 0.5) is 0 Å². The third-order valence-corrected chi connectivity index (χ3v) is 2.85. The van der Waals surface area contributed by atoms with Crippen LogP contribution in [0.3, 0.4) is 0 Å². The molecular weight excluding hydrogens is 288 g/mol. The molecule has 122 valence electrons. The fourth-order valence-electron chi connectivity index (χ4n) is 1.98. The summed E-state index contributed by atoms with van der Waals surface area (Å²) < 4.78 is 10.1. The zero-order valence-corrected chi connectivity index (χ0v) is 13.3. The standard InChI is InChI=1S/C15H22N2O5/c1-9(2)7-10(3)22-12(18)8-17-15(20)13-14(19)11(21-4)5-6-16-13/h5-6,9-10,19H,7-8H2,1-4H3,(H,17,20). The Morgan fingerprint density at radius 1 is 1.36 bits per heavy atom. The monoisotopic (exact) mass is 310 g/mol. The molecule has 1 atom stereocenters. The summed E-state index contributed by atoms with van der Waals surface area (Å²) in [4.78, 5) is 27.3. The van der Waals surface area contributed by atoms with Crippen molar-refractivity contribution in [2.45, 2.75) is 33.3 Å². The molecule has 2 N–H and O–H groups in total. The second-order valence-electron chi connectivity index (χ2n) is 5.32. The first-order chi connectivity index (χ1) is 10.3. The zero-order chi connectivity index (χ0) is 16.7. The summed E-state index contributed by atoms with van der Waals surface area (Å²) in [6, 6.07) is 1.42. The van der Waals surface area contributed by atoms with Gasteiger partial charge in [0.05, 0.1) is 13.2 Å². The lowest BCUT2D eigenvalue weighted by Crippen LogP contribution is -2.32. The van der Waals surface area contributed by atoms with Crippen molar-refractivity contribution >= 4 is 11.9 Å². The van der Waals surface area contributed by atoms with Gasteiger partial charge < -0.3 is 19.9 Å². The van der Waals surface area contributed by atoms with Gasteiger partial charge in [-0.3, -0.25) is 9.59 Å². The quantitative estimate of drug-likeness (QED) is 0.741. The molecule has 0 saturated heterocycles. The summed E-state index contributed by atoms with van der Waals surface area (Å²) in [5.74, 6) is -1.04. The van der Waals surface area contributed by atoms with Crippen LogP contribution in [0, 0.1) is 5.92 Å². The van der Waals surface area contributed by atoms with E-state index in [9.17, 15) is 14.7 Å². The number of esters is 1. The molecule has 7 nitrogen and oxygen atoms in total. The van der Waals surface area contributed by atoms with Gasteiger partial charge in [-0.25, -0.2) is 4.98 Å². The molecule has 1 heterocycles. The lowest BCUT2D eigenvalue weighted by atomic mass is 10.1. The molecule has 7 heteroatoms. The highest BCUT2D eigenvalue weighted by atomic mass is 16.5. The van der Waals surface area contributed by atoms with Crippen LogP contribution in [0.5, 0.6) is 11.5 Å². The van der Waals surface area contributed by atoms with Crippen LogP contribution < -0.4 is 10.1 Å². The molecule has 0 aliphatic heterocycles. The highest BCUT2D eigenvalue weighted by Gasteiger charge is 2.18. The molecule has 1 aromatic rings. The lowest BCUT2D eigenvalue weighted by Gasteiger charge is -2.15. The number of pyridine rings is 1. The SMILES string of the molecule is COc1ccnc(C(=O)NCC(=O)OC(C)CC(C)C)c1O. The molecule has 0 radical (unpaired) electrons. The van der Waals surface area contributed by atoms with E-state index in [1.165, 1.54) is 19.4 Å². The summed E-state index contributed by atoms with van der Waals surface area (Å²) in [6.45, 7) is 5.57. The van der Waals surface area contributed by atoms with Gasteiger partial charge >= 0.3 is 5.97 Å². The minimum Gasteiger partial charge on any atom is -0.503 e. The summed E-state index contributed by atoms with van der Waals surface area (Å²) in [7, 11) is 1.37. The molecule has 0 saturated carbocycles. The van der Waals surface area contributed by atoms with Gasteiger partial charge in [0.25, 0.3) is 5.91 Å². The highest BCUT2D eigenvalue weighted by molar-refractivity contribution is 5.97. The van der Waals surface area contributed by atoms with E-state index in [1.807, 2.05) is 13.8 Å². The fraction of sp³-hybridized carbons (Fsp3) is 0.533. The number of hydrogen-bond donors (Lipinski definition) is 2. The molecule has 1 amide bonds. The van der Waals surface area contributed by atoms with Crippen molar-refractivity contribution in [1.29, 1.82) is 0 Å². The van der Waals surface area contributed by atoms with E-state index in [2.05, 4.69) is 10.3 Å². The van der Waals surface area contributed by atoms with Crippen molar-refractivity contribution in [3.63, 3.8) is 0 Å². The normalized spacial score (nSPS) is 11.9. The smallest absolute Gasteiger partial charge is 0.325 e. The van der Waals surface area contributed by atoms with Gasteiger partial charge in [-0.2, -0.15) is 0 Å². The predicted molar refractivity (Wildman–Crippen MR) is 79.8 cm³/mol. The van der Waals surface area contributed by atoms with E-state index in [0.29, 0.717) is 5.92 Å². The van der Waals surface area contributed by atoms with E-state index in [1.54, 1.807) is 6.92 Å². The van der Waals surface area contributed by atoms with Crippen molar-refractivity contribution in [3.8, 4) is 11.5 Å². The summed E-state index contributed by atoms with van der Waals surface area (Å²) >= 11 is 0. The fourth-order valence-corrected chi connectivity index (χ4v) is 1.98. The van der Waals surface area contributed by atoms with Crippen molar-refractivity contribution in [1.82, 2.24) is 10.3 Å². The van der Waals surface area contributed by atoms with Crippen LogP contribution in [-0.4, -0.2) is 41.7 Å². The number of amides is 1. The number of nitrogens with zero attached hydrogens (tertiary/aromatic N) is 1. The van der Waals surface area contributed by atoms with E-state index in [4.69, 9.17) is 9.47 Å². The molecular formula is C15H22N2O5. The van der Waals surface area contributed by atoms with Gasteiger partial charge in [-0.1, -0.05) is 13.8 Å². The van der Waals surface area contributed by atoms with Crippen molar-refractivity contribution in [2.75, 3.05) is 13.7 Å². The van der Waals surface area contributed by atoms with E-state index >= 15 is 0 Å². The van der Waals surface area contributed by atoms with Gasteiger partial charge in [0.2, 0.25) is 0 Å². The number of carbonyl (C=O) groups excluding carboxylic acids is 2. The molecule has 0 aromatic carbocycles. The van der Waals surface area contributed by atoms with Crippen LogP contribution in [0.15, 0.2) is 12.3 Å². The number of aromatic nitrogens is 1. The number of hydrogen-bond acceptors (Lipinski definition) is 6. The first kappa shape index (κ1) is 17.7. The number of methoxy groups -OCH3 is 1. The number of aromatic hydroxyl groups is 1. The van der Waals surface area contributed by atoms with Crippen molar-refractivity contribution in [3.05, 3.63) is 18.0 Å². The predicted octanol–water partition coefficient (Wildman–Crippen LogP) is 1.50. The maximum atomic E-state index is 11.9. The Morgan fingerprint density at radius 2 is 2.05 bits per heavy atom. The maximum absolute atomic E-state index is 11.9. The lowest BCUT2D eigenvalue weighted by molar-refractivity contribution is -0.147. The largest absolute Gasteiger partial charge is 0.503 e. The third-order valence-electron chi connectivity index (χ3n) is 2.85. The number of nitrogens with one attached hydrogen (secondary N) is 1. The Bertz CT molecular complexity index is 531. The van der Waals surface area contributed by atoms with E-state index in [0.717, 1.165) is 6.42 Å². The molecule has 0 fully saturated rings. The molecule has 0 aliphatic rings. The number of rotatable bonds is 7. The van der Waals surface area contributed by atoms with Crippen LogP contribution in [-0.2, 0) is 9.53 Å². The van der Waals surface area contributed by atoms with Gasteiger partial charge in [-0.05, 0) is 19.3 Å². The van der Waals surface area contributed by atoms with Crippen LogP contribution in [0.2, 0.25) is 0 Å². The molecule has 1 aromatic heterocycles. The minimum atomic E-state index is -0.676. The van der Waals surface area contributed by atoms with Crippen molar-refractivity contribution in [2.24, 2.45) is 5.92 Å². The Hall–Kier alpha value is -2.31. The van der Waals surface area contributed by atoms with Crippen LogP contribution in [0.25, 0.3) is 0 Å². The number of ether oxygens (including phenoxy) is 2. The zero-order valence-electron chi connectivity index (χ0n) is 13.3. The number of carbonyl (C=O) groups is 2. The third kappa shape index (κ3) is 5.23.